The molecule has 0 aliphatic carbocycles. The van der Waals surface area contributed by atoms with Crippen molar-refractivity contribution in [2.24, 2.45) is 0 Å². The first kappa shape index (κ1) is 13.4. The first-order chi connectivity index (χ1) is 5.22. The predicted octanol–water partition coefficient (Wildman–Crippen LogP) is 4.20. The molecule has 66 valence electrons. The second kappa shape index (κ2) is 12.5. The smallest absolute Gasteiger partial charge is 0.000589 e. The molecule has 0 heterocycles. The maximum Gasteiger partial charge on any atom is -0.000589 e. The van der Waals surface area contributed by atoms with Gasteiger partial charge in [-0.25, -0.2) is 0 Å². The molecule has 0 fully saturated rings. The third-order valence-corrected chi connectivity index (χ3v) is 1.22. The maximum atomic E-state index is 4.11. The molecule has 0 saturated heterocycles. The van der Waals surface area contributed by atoms with Gasteiger partial charge < -0.3 is 0 Å². The van der Waals surface area contributed by atoms with Crippen molar-refractivity contribution in [3.05, 3.63) is 23.6 Å². The summed E-state index contributed by atoms with van der Waals surface area (Å²) in [5.41, 5.74) is 0. The molecule has 0 spiro atoms. The topological polar surface area (TPSA) is 0 Å². The van der Waals surface area contributed by atoms with Crippen LogP contribution in [0.1, 0.15) is 40.0 Å². The van der Waals surface area contributed by atoms with Gasteiger partial charge >= 0.3 is 0 Å². The van der Waals surface area contributed by atoms with Gasteiger partial charge in [0.2, 0.25) is 0 Å². The highest BCUT2D eigenvalue weighted by Gasteiger charge is 1.77. The fourth-order valence-corrected chi connectivity index (χ4v) is 0.505. The number of rotatable bonds is 3. The summed E-state index contributed by atoms with van der Waals surface area (Å²) in [5, 5.41) is 0. The molecule has 0 atom stereocenters. The quantitative estimate of drug-likeness (QED) is 0.478. The Balaban J connectivity index is 0. The minimum atomic E-state index is 0.979. The highest BCUT2D eigenvalue weighted by Crippen LogP contribution is 2.02. The lowest BCUT2D eigenvalue weighted by molar-refractivity contribution is 0.958. The van der Waals surface area contributed by atoms with E-state index in [9.17, 15) is 0 Å². The molecule has 0 aromatic rings. The van der Waals surface area contributed by atoms with Crippen LogP contribution < -0.4 is 0 Å². The molecule has 0 aromatic carbocycles. The van der Waals surface area contributed by atoms with Gasteiger partial charge in [-0.3, -0.25) is 0 Å². The second-order valence-electron chi connectivity index (χ2n) is 2.33. The fourth-order valence-electron chi connectivity index (χ4n) is 0.376. The third kappa shape index (κ3) is 17.7. The first-order valence-electron chi connectivity index (χ1n) is 4.24. The van der Waals surface area contributed by atoms with Crippen LogP contribution in [0.15, 0.2) is 23.6 Å². The molecular weight excluding hydrogens is 152 g/mol. The lowest BCUT2D eigenvalue weighted by Crippen LogP contribution is -1.63. The van der Waals surface area contributed by atoms with Crippen LogP contribution in [0.2, 0.25) is 0 Å². The van der Waals surface area contributed by atoms with E-state index in [-0.39, 0.29) is 0 Å². The van der Waals surface area contributed by atoms with Crippen molar-refractivity contribution < 1.29 is 0 Å². The third-order valence-electron chi connectivity index (χ3n) is 0.851. The Morgan fingerprint density at radius 2 is 1.82 bits per heavy atom. The largest absolute Gasteiger partial charge is 0.144 e. The van der Waals surface area contributed by atoms with Crippen LogP contribution in [0.25, 0.3) is 0 Å². The van der Waals surface area contributed by atoms with Crippen molar-refractivity contribution in [2.45, 2.75) is 40.0 Å². The molecule has 0 saturated carbocycles. The Morgan fingerprint density at radius 1 is 1.36 bits per heavy atom. The fraction of sp³-hybridized carbons (Fsp3) is 0.600. The summed E-state index contributed by atoms with van der Waals surface area (Å²) in [7, 11) is 0. The molecule has 0 bridgehead atoms. The number of hydrogen-bond acceptors (Lipinski definition) is 1. The van der Waals surface area contributed by atoms with E-state index in [4.69, 9.17) is 0 Å². The Morgan fingerprint density at radius 3 is 2.09 bits per heavy atom. The molecule has 0 N–H and O–H groups in total. The zero-order valence-corrected chi connectivity index (χ0v) is 8.82. The van der Waals surface area contributed by atoms with Gasteiger partial charge in [0, 0.05) is 0 Å². The number of thiol groups is 1. The van der Waals surface area contributed by atoms with Gasteiger partial charge in [0.15, 0.2) is 0 Å². The van der Waals surface area contributed by atoms with Crippen LogP contribution in [-0.2, 0) is 0 Å². The van der Waals surface area contributed by atoms with Gasteiger partial charge in [0.05, 0.1) is 0 Å². The van der Waals surface area contributed by atoms with Gasteiger partial charge in [-0.1, -0.05) is 52.3 Å². The lowest BCUT2D eigenvalue weighted by atomic mass is 10.3. The van der Waals surface area contributed by atoms with Crippen LogP contribution in [0, 0.1) is 0 Å². The molecule has 0 aliphatic rings. The van der Waals surface area contributed by atoms with E-state index in [1.807, 2.05) is 0 Å². The zero-order valence-electron chi connectivity index (χ0n) is 7.93. The Bertz CT molecular complexity index is 103. The zero-order chi connectivity index (χ0) is 9.11. The van der Waals surface area contributed by atoms with Crippen molar-refractivity contribution >= 4 is 12.6 Å². The van der Waals surface area contributed by atoms with E-state index in [0.717, 1.165) is 11.3 Å². The van der Waals surface area contributed by atoms with E-state index < -0.39 is 0 Å². The molecule has 0 amide bonds. The lowest BCUT2D eigenvalue weighted by Gasteiger charge is -1.86. The van der Waals surface area contributed by atoms with Crippen molar-refractivity contribution in [2.75, 3.05) is 0 Å². The predicted molar refractivity (Wildman–Crippen MR) is 58.1 cm³/mol. The molecule has 0 unspecified atom stereocenters. The summed E-state index contributed by atoms with van der Waals surface area (Å²) in [6, 6.07) is 0. The summed E-state index contributed by atoms with van der Waals surface area (Å²) in [6.45, 7) is 9.96. The van der Waals surface area contributed by atoms with E-state index in [1.54, 1.807) is 6.08 Å². The summed E-state index contributed by atoms with van der Waals surface area (Å²) < 4.78 is 0. The summed E-state index contributed by atoms with van der Waals surface area (Å²) in [6.07, 6.45) is 7.34. The molecule has 0 nitrogen and oxygen atoms in total. The van der Waals surface area contributed by atoms with Crippen molar-refractivity contribution in [3.8, 4) is 0 Å². The number of unbranched alkanes of at least 4 members (excludes halogenated alkanes) is 1. The Kier molecular flexibility index (Phi) is 15.3. The van der Waals surface area contributed by atoms with Gasteiger partial charge in [-0.2, -0.15) is 0 Å². The van der Waals surface area contributed by atoms with Gasteiger partial charge in [-0.15, -0.1) is 12.6 Å². The Hall–Kier alpha value is -0.170. The van der Waals surface area contributed by atoms with Crippen molar-refractivity contribution in [3.63, 3.8) is 0 Å². The van der Waals surface area contributed by atoms with Crippen molar-refractivity contribution in [1.82, 2.24) is 0 Å². The normalized spacial score (nSPS) is 10.0. The molecular formula is C10H20S. The molecule has 0 aromatic heterocycles. The maximum absolute atomic E-state index is 4.11. The minimum absolute atomic E-state index is 0.979. The number of allylic oxidation sites excluding steroid dienone is 2. The molecule has 0 aliphatic heterocycles. The highest BCUT2D eigenvalue weighted by atomic mass is 32.1. The van der Waals surface area contributed by atoms with Crippen LogP contribution in [-0.4, -0.2) is 0 Å². The summed E-state index contributed by atoms with van der Waals surface area (Å²) >= 11 is 4.11. The molecule has 0 radical (unpaired) electrons. The van der Waals surface area contributed by atoms with Gasteiger partial charge in [0.1, 0.15) is 0 Å². The molecule has 1 heteroatoms. The van der Waals surface area contributed by atoms with Crippen LogP contribution in [0.4, 0.5) is 0 Å². The second-order valence-corrected chi connectivity index (χ2v) is 2.85. The molecule has 0 rings (SSSR count). The summed E-state index contributed by atoms with van der Waals surface area (Å²) in [4.78, 5) is 0.979. The van der Waals surface area contributed by atoms with Crippen LogP contribution in [0.5, 0.6) is 0 Å². The first-order valence-corrected chi connectivity index (χ1v) is 4.69. The minimum Gasteiger partial charge on any atom is -0.144 e. The average molecular weight is 172 g/mol. The Labute approximate surface area is 76.8 Å². The van der Waals surface area contributed by atoms with E-state index in [0.29, 0.717) is 0 Å². The summed E-state index contributed by atoms with van der Waals surface area (Å²) in [5.74, 6) is 0. The highest BCUT2D eigenvalue weighted by molar-refractivity contribution is 7.84. The van der Waals surface area contributed by atoms with Crippen LogP contribution in [0.3, 0.4) is 0 Å². The van der Waals surface area contributed by atoms with Gasteiger partial charge in [0.25, 0.3) is 0 Å². The van der Waals surface area contributed by atoms with E-state index in [1.165, 1.54) is 12.8 Å². The van der Waals surface area contributed by atoms with E-state index >= 15 is 0 Å². The SMILES string of the molecule is C=C/C(S)=C\CCC.CCC. The monoisotopic (exact) mass is 172 g/mol. The van der Waals surface area contributed by atoms with Gasteiger partial charge in [-0.05, 0) is 11.3 Å². The standard InChI is InChI=1S/C7H12S.C3H8/c1-3-5-6-7(8)4-2;1-3-2/h4,6,8H,2-3,5H2,1H3;3H2,1-2H3/b7-6+;. The van der Waals surface area contributed by atoms with Crippen molar-refractivity contribution in [1.29, 1.82) is 0 Å². The van der Waals surface area contributed by atoms with Crippen LogP contribution >= 0.6 is 12.6 Å². The van der Waals surface area contributed by atoms with E-state index in [2.05, 4.69) is 46.1 Å². The number of hydrogen-bond donors (Lipinski definition) is 1. The molecule has 11 heavy (non-hydrogen) atoms. The average Bonchev–Trinajstić information content (AvgIpc) is 2.02.